The zero-order chi connectivity index (χ0) is 15.4. The Morgan fingerprint density at radius 2 is 1.90 bits per heavy atom. The zero-order valence-corrected chi connectivity index (χ0v) is 12.2. The first-order valence-corrected chi connectivity index (χ1v) is 6.74. The van der Waals surface area contributed by atoms with E-state index in [1.54, 1.807) is 0 Å². The fourth-order valence-corrected chi connectivity index (χ4v) is 2.17. The highest BCUT2D eigenvalue weighted by molar-refractivity contribution is 6.30. The van der Waals surface area contributed by atoms with Gasteiger partial charge in [-0.15, -0.1) is 0 Å². The summed E-state index contributed by atoms with van der Waals surface area (Å²) in [5.41, 5.74) is 0.736. The first-order valence-electron chi connectivity index (χ1n) is 6.36. The van der Waals surface area contributed by atoms with Gasteiger partial charge < -0.3 is 4.90 Å². The van der Waals surface area contributed by atoms with Crippen LogP contribution in [0.15, 0.2) is 47.4 Å². The van der Waals surface area contributed by atoms with Crippen molar-refractivity contribution in [3.8, 4) is 0 Å². The van der Waals surface area contributed by atoms with Crippen molar-refractivity contribution in [3.63, 3.8) is 0 Å². The summed E-state index contributed by atoms with van der Waals surface area (Å²) < 4.78 is 1.35. The summed E-state index contributed by atoms with van der Waals surface area (Å²) in [6.45, 7) is 1.04. The Hall–Kier alpha value is -2.18. The number of pyridine rings is 1. The van der Waals surface area contributed by atoms with Crippen molar-refractivity contribution in [2.45, 2.75) is 13.2 Å². The Balaban J connectivity index is 2.10. The van der Waals surface area contributed by atoms with Gasteiger partial charge in [0.1, 0.15) is 6.54 Å². The molecule has 0 amide bonds. The van der Waals surface area contributed by atoms with Gasteiger partial charge in [-0.25, -0.2) is 0 Å². The van der Waals surface area contributed by atoms with Crippen LogP contribution >= 0.6 is 11.6 Å². The molecule has 0 fully saturated rings. The highest BCUT2D eigenvalue weighted by atomic mass is 35.5. The normalized spacial score (nSPS) is 12.1. The van der Waals surface area contributed by atoms with E-state index in [1.165, 1.54) is 22.9 Å². The largest absolute Gasteiger partial charge is 0.316 e. The SMILES string of the molecule is C[NH+](Cc1ccc(Cl)cc1)Cn1cc([N+](=O)[O-])ccc1=O. The molecule has 1 atom stereocenters. The summed E-state index contributed by atoms with van der Waals surface area (Å²) in [6, 6.07) is 9.89. The van der Waals surface area contributed by atoms with Crippen LogP contribution in [0.25, 0.3) is 0 Å². The van der Waals surface area contributed by atoms with Crippen LogP contribution in [0.5, 0.6) is 0 Å². The Bertz CT molecular complexity index is 697. The van der Waals surface area contributed by atoms with Crippen LogP contribution in [0.3, 0.4) is 0 Å². The molecule has 0 bridgehead atoms. The molecule has 0 aliphatic heterocycles. The molecule has 0 saturated heterocycles. The Morgan fingerprint density at radius 1 is 1.24 bits per heavy atom. The number of nitrogens with one attached hydrogen (secondary N) is 1. The predicted molar refractivity (Wildman–Crippen MR) is 79.4 cm³/mol. The van der Waals surface area contributed by atoms with E-state index in [4.69, 9.17) is 11.6 Å². The first-order chi connectivity index (χ1) is 9.95. The molecule has 2 aromatic rings. The van der Waals surface area contributed by atoms with Crippen molar-refractivity contribution in [3.05, 3.63) is 73.6 Å². The van der Waals surface area contributed by atoms with Crippen LogP contribution in [0.2, 0.25) is 5.02 Å². The molecule has 7 heteroatoms. The number of hydrogen-bond acceptors (Lipinski definition) is 3. The number of rotatable bonds is 5. The van der Waals surface area contributed by atoms with Crippen molar-refractivity contribution < 1.29 is 9.82 Å². The van der Waals surface area contributed by atoms with E-state index in [0.717, 1.165) is 10.5 Å². The van der Waals surface area contributed by atoms with Crippen molar-refractivity contribution >= 4 is 17.3 Å². The quantitative estimate of drug-likeness (QED) is 0.664. The molecule has 0 spiro atoms. The molecule has 0 aliphatic carbocycles. The van der Waals surface area contributed by atoms with Gasteiger partial charge in [0.05, 0.1) is 18.2 Å². The van der Waals surface area contributed by atoms with Crippen LogP contribution in [-0.4, -0.2) is 16.5 Å². The number of nitro groups is 1. The molecule has 0 radical (unpaired) electrons. The number of halogens is 1. The maximum absolute atomic E-state index is 11.7. The molecule has 0 saturated carbocycles. The van der Waals surface area contributed by atoms with Crippen LogP contribution in [0.4, 0.5) is 5.69 Å². The van der Waals surface area contributed by atoms with E-state index < -0.39 is 4.92 Å². The average Bonchev–Trinajstić information content (AvgIpc) is 2.43. The summed E-state index contributed by atoms with van der Waals surface area (Å²) in [6.07, 6.45) is 1.27. The summed E-state index contributed by atoms with van der Waals surface area (Å²) in [5, 5.41) is 11.4. The van der Waals surface area contributed by atoms with E-state index in [-0.39, 0.29) is 11.2 Å². The van der Waals surface area contributed by atoms with E-state index in [2.05, 4.69) is 0 Å². The zero-order valence-electron chi connectivity index (χ0n) is 11.5. The highest BCUT2D eigenvalue weighted by Gasteiger charge is 2.11. The van der Waals surface area contributed by atoms with E-state index in [0.29, 0.717) is 18.2 Å². The standard InChI is InChI=1S/C14H14ClN3O3/c1-16(8-11-2-4-12(15)5-3-11)10-17-9-13(18(20)21)6-7-14(17)19/h2-7,9H,8,10H2,1H3/p+1. The molecule has 1 N–H and O–H groups in total. The Morgan fingerprint density at radius 3 is 2.52 bits per heavy atom. The van der Waals surface area contributed by atoms with Gasteiger partial charge >= 0.3 is 0 Å². The molecule has 0 aliphatic rings. The topological polar surface area (TPSA) is 69.6 Å². The number of aromatic nitrogens is 1. The van der Waals surface area contributed by atoms with Gasteiger partial charge in [-0.1, -0.05) is 23.7 Å². The lowest BCUT2D eigenvalue weighted by Gasteiger charge is -2.15. The maximum atomic E-state index is 11.7. The Kier molecular flexibility index (Phi) is 4.72. The average molecular weight is 309 g/mol. The summed E-state index contributed by atoms with van der Waals surface area (Å²) in [7, 11) is 1.92. The number of nitrogens with zero attached hydrogens (tertiary/aromatic N) is 2. The lowest BCUT2D eigenvalue weighted by molar-refractivity contribution is -0.917. The fraction of sp³-hybridized carbons (Fsp3) is 0.214. The second-order valence-electron chi connectivity index (χ2n) is 4.87. The van der Waals surface area contributed by atoms with Gasteiger partial charge in [-0.05, 0) is 12.1 Å². The summed E-state index contributed by atoms with van der Waals surface area (Å²) >= 11 is 5.83. The minimum atomic E-state index is -0.509. The van der Waals surface area contributed by atoms with Crippen LogP contribution in [0, 0.1) is 10.1 Å². The van der Waals surface area contributed by atoms with Crippen LogP contribution in [0.1, 0.15) is 5.56 Å². The summed E-state index contributed by atoms with van der Waals surface area (Å²) in [5.74, 6) is 0. The van der Waals surface area contributed by atoms with Crippen LogP contribution < -0.4 is 10.5 Å². The minimum absolute atomic E-state index is 0.0890. The molecule has 1 unspecified atom stereocenters. The molecule has 1 aromatic heterocycles. The van der Waals surface area contributed by atoms with Gasteiger partial charge in [0.2, 0.25) is 0 Å². The van der Waals surface area contributed by atoms with E-state index in [1.807, 2.05) is 31.3 Å². The lowest BCUT2D eigenvalue weighted by Crippen LogP contribution is -3.07. The first kappa shape index (κ1) is 15.2. The third kappa shape index (κ3) is 4.14. The predicted octanol–water partition coefficient (Wildman–Crippen LogP) is 1.08. The van der Waals surface area contributed by atoms with E-state index >= 15 is 0 Å². The molecule has 6 nitrogen and oxygen atoms in total. The number of hydrogen-bond donors (Lipinski definition) is 1. The van der Waals surface area contributed by atoms with E-state index in [9.17, 15) is 14.9 Å². The molecular formula is C14H15ClN3O3+. The van der Waals surface area contributed by atoms with Crippen molar-refractivity contribution in [1.29, 1.82) is 0 Å². The maximum Gasteiger partial charge on any atom is 0.285 e. The minimum Gasteiger partial charge on any atom is -0.316 e. The van der Waals surface area contributed by atoms with Crippen molar-refractivity contribution in [1.82, 2.24) is 4.57 Å². The van der Waals surface area contributed by atoms with Crippen LogP contribution in [-0.2, 0) is 13.2 Å². The van der Waals surface area contributed by atoms with Gasteiger partial charge in [-0.3, -0.25) is 19.5 Å². The molecule has 1 aromatic carbocycles. The van der Waals surface area contributed by atoms with Gasteiger partial charge in [0.15, 0.2) is 6.67 Å². The fourth-order valence-electron chi connectivity index (χ4n) is 2.05. The lowest BCUT2D eigenvalue weighted by atomic mass is 10.2. The second-order valence-corrected chi connectivity index (χ2v) is 5.31. The molecule has 2 rings (SSSR count). The number of benzene rings is 1. The second kappa shape index (κ2) is 6.51. The smallest absolute Gasteiger partial charge is 0.285 e. The molecular weight excluding hydrogens is 294 g/mol. The number of quaternary nitrogens is 1. The summed E-state index contributed by atoms with van der Waals surface area (Å²) in [4.78, 5) is 23.0. The molecule has 110 valence electrons. The van der Waals surface area contributed by atoms with Gasteiger partial charge in [0, 0.05) is 22.7 Å². The molecule has 21 heavy (non-hydrogen) atoms. The molecule has 1 heterocycles. The Labute approximate surface area is 126 Å². The van der Waals surface area contributed by atoms with Crippen molar-refractivity contribution in [2.24, 2.45) is 0 Å². The third-order valence-electron chi connectivity index (χ3n) is 3.04. The van der Waals surface area contributed by atoms with Gasteiger partial charge in [0.25, 0.3) is 11.2 Å². The third-order valence-corrected chi connectivity index (χ3v) is 3.29. The monoisotopic (exact) mass is 308 g/mol. The highest BCUT2D eigenvalue weighted by Crippen LogP contribution is 2.08. The van der Waals surface area contributed by atoms with Crippen molar-refractivity contribution in [2.75, 3.05) is 7.05 Å². The van der Waals surface area contributed by atoms with Gasteiger partial charge in [-0.2, -0.15) is 0 Å².